The van der Waals surface area contributed by atoms with E-state index in [1.54, 1.807) is 4.68 Å². The molecule has 27 heavy (non-hydrogen) atoms. The predicted molar refractivity (Wildman–Crippen MR) is 105 cm³/mol. The summed E-state index contributed by atoms with van der Waals surface area (Å²) in [6.07, 6.45) is 6.34. The number of likely N-dealkylation sites (tertiary alicyclic amines) is 1. The van der Waals surface area contributed by atoms with E-state index in [2.05, 4.69) is 25.1 Å². The van der Waals surface area contributed by atoms with E-state index in [9.17, 15) is 0 Å². The van der Waals surface area contributed by atoms with E-state index in [4.69, 9.17) is 16.6 Å². The minimum absolute atomic E-state index is 0.531. The largest absolute Gasteiger partial charge is 0.354 e. The van der Waals surface area contributed by atoms with Crippen molar-refractivity contribution in [3.05, 3.63) is 41.3 Å². The molecule has 2 aliphatic heterocycles. The van der Waals surface area contributed by atoms with Gasteiger partial charge in [0.05, 0.1) is 22.9 Å². The first-order valence-electron chi connectivity index (χ1n) is 9.42. The molecular weight excluding hydrogens is 362 g/mol. The Labute approximate surface area is 163 Å². The minimum Gasteiger partial charge on any atom is -0.354 e. The molecule has 0 aliphatic carbocycles. The van der Waals surface area contributed by atoms with Gasteiger partial charge in [0, 0.05) is 43.9 Å². The molecule has 2 aliphatic rings. The fourth-order valence-electron chi connectivity index (χ4n) is 4.43. The summed E-state index contributed by atoms with van der Waals surface area (Å²) >= 11 is 6.06. The number of aryl methyl sites for hydroxylation is 1. The number of aromatic nitrogens is 5. The first kappa shape index (κ1) is 16.9. The monoisotopic (exact) mass is 383 g/mol. The van der Waals surface area contributed by atoms with Gasteiger partial charge in [-0.15, -0.1) is 5.10 Å². The Balaban J connectivity index is 1.35. The maximum Gasteiger partial charge on any atom is 0.147 e. The summed E-state index contributed by atoms with van der Waals surface area (Å²) < 4.78 is 1.77. The highest BCUT2D eigenvalue weighted by Gasteiger charge is 2.38. The lowest BCUT2D eigenvalue weighted by atomic mass is 9.92. The van der Waals surface area contributed by atoms with Crippen molar-refractivity contribution in [2.24, 2.45) is 13.0 Å². The van der Waals surface area contributed by atoms with Crippen molar-refractivity contribution in [3.63, 3.8) is 0 Å². The Morgan fingerprint density at radius 2 is 2.07 bits per heavy atom. The van der Waals surface area contributed by atoms with Gasteiger partial charge in [-0.2, -0.15) is 0 Å². The molecule has 3 aromatic rings. The Kier molecular flexibility index (Phi) is 4.21. The standard InChI is InChI=1S/C19H22ClN7/c1-25-10-15(23-24-25)11-26-6-4-13-5-7-27(12-18(13)26)19-9-21-17-8-14(20)2-3-16(17)22-19/h2-3,8-10,13,18H,4-7,11-12H2,1H3. The van der Waals surface area contributed by atoms with Crippen molar-refractivity contribution in [1.82, 2.24) is 29.9 Å². The van der Waals surface area contributed by atoms with Gasteiger partial charge in [0.25, 0.3) is 0 Å². The van der Waals surface area contributed by atoms with Gasteiger partial charge in [-0.1, -0.05) is 16.8 Å². The molecule has 2 fully saturated rings. The lowest BCUT2D eigenvalue weighted by Crippen LogP contribution is -2.48. The van der Waals surface area contributed by atoms with Gasteiger partial charge < -0.3 is 4.90 Å². The third-order valence-electron chi connectivity index (χ3n) is 5.81. The number of hydrogen-bond donors (Lipinski definition) is 0. The molecule has 0 spiro atoms. The van der Waals surface area contributed by atoms with Crippen LogP contribution in [0.2, 0.25) is 5.02 Å². The normalized spacial score (nSPS) is 23.1. The van der Waals surface area contributed by atoms with Crippen molar-refractivity contribution in [2.75, 3.05) is 24.5 Å². The second-order valence-corrected chi connectivity index (χ2v) is 8.00. The van der Waals surface area contributed by atoms with Gasteiger partial charge in [-0.25, -0.2) is 4.98 Å². The van der Waals surface area contributed by atoms with Gasteiger partial charge in [0.2, 0.25) is 0 Å². The Morgan fingerprint density at radius 1 is 1.19 bits per heavy atom. The summed E-state index contributed by atoms with van der Waals surface area (Å²) in [4.78, 5) is 14.3. The van der Waals surface area contributed by atoms with E-state index >= 15 is 0 Å². The molecule has 0 saturated carbocycles. The zero-order valence-electron chi connectivity index (χ0n) is 15.3. The topological polar surface area (TPSA) is 63.0 Å². The molecule has 1 aromatic carbocycles. The maximum absolute atomic E-state index is 6.06. The molecule has 2 unspecified atom stereocenters. The highest BCUT2D eigenvalue weighted by atomic mass is 35.5. The fraction of sp³-hybridized carbons (Fsp3) is 0.474. The smallest absolute Gasteiger partial charge is 0.147 e. The summed E-state index contributed by atoms with van der Waals surface area (Å²) in [5.41, 5.74) is 2.77. The number of anilines is 1. The number of nitrogens with zero attached hydrogens (tertiary/aromatic N) is 7. The molecule has 0 radical (unpaired) electrons. The molecule has 140 valence electrons. The first-order chi connectivity index (χ1) is 13.2. The SMILES string of the molecule is Cn1cc(CN2CCC3CCN(c4cnc5cc(Cl)ccc5n4)CC32)nn1. The number of rotatable bonds is 3. The lowest BCUT2D eigenvalue weighted by molar-refractivity contribution is 0.198. The summed E-state index contributed by atoms with van der Waals surface area (Å²) in [6.45, 7) is 4.01. The average molecular weight is 384 g/mol. The zero-order valence-corrected chi connectivity index (χ0v) is 16.0. The highest BCUT2D eigenvalue weighted by Crippen LogP contribution is 2.34. The van der Waals surface area contributed by atoms with Crippen LogP contribution in [0, 0.1) is 5.92 Å². The van der Waals surface area contributed by atoms with Crippen molar-refractivity contribution < 1.29 is 0 Å². The summed E-state index contributed by atoms with van der Waals surface area (Å²) in [6, 6.07) is 6.20. The highest BCUT2D eigenvalue weighted by molar-refractivity contribution is 6.31. The number of benzene rings is 1. The molecule has 8 heteroatoms. The number of piperidine rings is 1. The zero-order chi connectivity index (χ0) is 18.4. The van der Waals surface area contributed by atoms with E-state index in [0.29, 0.717) is 11.1 Å². The van der Waals surface area contributed by atoms with Gasteiger partial charge in [0.1, 0.15) is 5.82 Å². The van der Waals surface area contributed by atoms with Crippen LogP contribution in [-0.2, 0) is 13.6 Å². The molecular formula is C19H22ClN7. The lowest BCUT2D eigenvalue weighted by Gasteiger charge is -2.38. The molecule has 2 aromatic heterocycles. The quantitative estimate of drug-likeness (QED) is 0.692. The van der Waals surface area contributed by atoms with E-state index in [-0.39, 0.29) is 0 Å². The van der Waals surface area contributed by atoms with E-state index < -0.39 is 0 Å². The molecule has 0 N–H and O–H groups in total. The Morgan fingerprint density at radius 3 is 2.93 bits per heavy atom. The molecule has 4 heterocycles. The van der Waals surface area contributed by atoms with E-state index in [0.717, 1.165) is 54.6 Å². The van der Waals surface area contributed by atoms with Crippen molar-refractivity contribution in [1.29, 1.82) is 0 Å². The predicted octanol–water partition coefficient (Wildman–Crippen LogP) is 2.51. The van der Waals surface area contributed by atoms with Crippen molar-refractivity contribution >= 4 is 28.5 Å². The van der Waals surface area contributed by atoms with Crippen LogP contribution in [0.4, 0.5) is 5.82 Å². The molecule has 2 saturated heterocycles. The third kappa shape index (κ3) is 3.26. The number of hydrogen-bond acceptors (Lipinski definition) is 6. The summed E-state index contributed by atoms with van der Waals surface area (Å²) in [7, 11) is 1.91. The number of halogens is 1. The van der Waals surface area contributed by atoms with Crippen molar-refractivity contribution in [2.45, 2.75) is 25.4 Å². The van der Waals surface area contributed by atoms with Gasteiger partial charge in [-0.3, -0.25) is 14.6 Å². The summed E-state index contributed by atoms with van der Waals surface area (Å²) in [5.74, 6) is 1.71. The first-order valence-corrected chi connectivity index (χ1v) is 9.80. The van der Waals surface area contributed by atoms with Gasteiger partial charge in [0.15, 0.2) is 0 Å². The van der Waals surface area contributed by atoms with Crippen molar-refractivity contribution in [3.8, 4) is 0 Å². The average Bonchev–Trinajstić information content (AvgIpc) is 3.27. The molecule has 7 nitrogen and oxygen atoms in total. The van der Waals surface area contributed by atoms with Crippen LogP contribution in [-0.4, -0.2) is 55.5 Å². The van der Waals surface area contributed by atoms with Crippen LogP contribution >= 0.6 is 11.6 Å². The van der Waals surface area contributed by atoms with E-state index in [1.807, 2.05) is 37.6 Å². The van der Waals surface area contributed by atoms with Crippen LogP contribution in [0.3, 0.4) is 0 Å². The Hall–Kier alpha value is -2.25. The molecule has 2 atom stereocenters. The Bertz CT molecular complexity index is 972. The second-order valence-electron chi connectivity index (χ2n) is 7.57. The molecule has 0 amide bonds. The molecule has 0 bridgehead atoms. The second kappa shape index (κ2) is 6.73. The number of fused-ring (bicyclic) bond motifs is 2. The van der Waals surface area contributed by atoms with Crippen LogP contribution in [0.25, 0.3) is 11.0 Å². The maximum atomic E-state index is 6.06. The van der Waals surface area contributed by atoms with Crippen LogP contribution in [0.5, 0.6) is 0 Å². The van der Waals surface area contributed by atoms with Crippen LogP contribution in [0.15, 0.2) is 30.6 Å². The summed E-state index contributed by atoms with van der Waals surface area (Å²) in [5, 5.41) is 9.01. The fourth-order valence-corrected chi connectivity index (χ4v) is 4.60. The molecule has 5 rings (SSSR count). The van der Waals surface area contributed by atoms with Crippen LogP contribution < -0.4 is 4.90 Å². The van der Waals surface area contributed by atoms with E-state index in [1.165, 1.54) is 12.8 Å². The minimum atomic E-state index is 0.531. The van der Waals surface area contributed by atoms with Gasteiger partial charge >= 0.3 is 0 Å². The van der Waals surface area contributed by atoms with Crippen LogP contribution in [0.1, 0.15) is 18.5 Å². The van der Waals surface area contributed by atoms with Gasteiger partial charge in [-0.05, 0) is 43.5 Å². The third-order valence-corrected chi connectivity index (χ3v) is 6.04.